The van der Waals surface area contributed by atoms with E-state index in [2.05, 4.69) is 20.7 Å². The number of hydrogen-bond donors (Lipinski definition) is 2. The summed E-state index contributed by atoms with van der Waals surface area (Å²) >= 11 is 0. The zero-order valence-electron chi connectivity index (χ0n) is 15.6. The average molecular weight is 362 g/mol. The summed E-state index contributed by atoms with van der Waals surface area (Å²) < 4.78 is 5.18. The molecule has 0 bridgehead atoms. The van der Waals surface area contributed by atoms with Crippen molar-refractivity contribution in [3.63, 3.8) is 0 Å². The van der Waals surface area contributed by atoms with E-state index in [0.717, 1.165) is 25.2 Å². The lowest BCUT2D eigenvalue weighted by Gasteiger charge is -2.37. The summed E-state index contributed by atoms with van der Waals surface area (Å²) in [6.07, 6.45) is 7.36. The molecule has 1 saturated heterocycles. The maximum atomic E-state index is 12.4. The minimum absolute atomic E-state index is 0.0323. The van der Waals surface area contributed by atoms with Gasteiger partial charge in [-0.3, -0.25) is 14.5 Å². The number of rotatable bonds is 7. The van der Waals surface area contributed by atoms with Crippen molar-refractivity contribution in [2.75, 3.05) is 19.6 Å². The molecule has 7 nitrogen and oxygen atoms in total. The number of amides is 2. The summed E-state index contributed by atoms with van der Waals surface area (Å²) in [4.78, 5) is 26.9. The van der Waals surface area contributed by atoms with Crippen LogP contribution >= 0.6 is 0 Å². The summed E-state index contributed by atoms with van der Waals surface area (Å²) in [5, 5.41) is 9.67. The fourth-order valence-electron chi connectivity index (χ4n) is 3.94. The van der Waals surface area contributed by atoms with Gasteiger partial charge in [0.1, 0.15) is 0 Å². The van der Waals surface area contributed by atoms with E-state index in [-0.39, 0.29) is 24.3 Å². The molecule has 2 heterocycles. The quantitative estimate of drug-likeness (QED) is 0.770. The maximum absolute atomic E-state index is 12.4. The van der Waals surface area contributed by atoms with Gasteiger partial charge in [-0.2, -0.15) is 0 Å². The molecule has 0 radical (unpaired) electrons. The number of nitrogens with one attached hydrogen (secondary N) is 2. The molecular weight excluding hydrogens is 332 g/mol. The van der Waals surface area contributed by atoms with Crippen molar-refractivity contribution < 1.29 is 14.1 Å². The maximum Gasteiger partial charge on any atom is 0.237 e. The zero-order chi connectivity index (χ0) is 18.4. The van der Waals surface area contributed by atoms with Crippen LogP contribution in [0.2, 0.25) is 0 Å². The number of hydrogen-bond acceptors (Lipinski definition) is 5. The van der Waals surface area contributed by atoms with Gasteiger partial charge in [0.15, 0.2) is 5.76 Å². The lowest BCUT2D eigenvalue weighted by Crippen LogP contribution is -2.57. The topological polar surface area (TPSA) is 87.5 Å². The molecular formula is C19H30N4O3. The Bertz CT molecular complexity index is 610. The summed E-state index contributed by atoms with van der Waals surface area (Å²) in [7, 11) is 0. The number of aryl methyl sites for hydroxylation is 1. The highest BCUT2D eigenvalue weighted by Crippen LogP contribution is 2.25. The van der Waals surface area contributed by atoms with E-state index in [0.29, 0.717) is 24.8 Å². The number of piperazine rings is 1. The number of nitrogens with zero attached hydrogens (tertiary/aromatic N) is 2. The fraction of sp³-hybridized carbons (Fsp3) is 0.737. The Hall–Kier alpha value is -1.89. The van der Waals surface area contributed by atoms with E-state index < -0.39 is 0 Å². The monoisotopic (exact) mass is 362 g/mol. The first-order valence-corrected chi connectivity index (χ1v) is 9.88. The van der Waals surface area contributed by atoms with Gasteiger partial charge < -0.3 is 15.2 Å². The fourth-order valence-corrected chi connectivity index (χ4v) is 3.94. The molecule has 2 fully saturated rings. The Balaban J connectivity index is 1.51. The second-order valence-corrected chi connectivity index (χ2v) is 7.42. The first kappa shape index (κ1) is 18.9. The molecule has 2 N–H and O–H groups in total. The second-order valence-electron chi connectivity index (χ2n) is 7.42. The molecule has 0 aromatic carbocycles. The molecule has 3 rings (SSSR count). The van der Waals surface area contributed by atoms with E-state index in [1.807, 2.05) is 13.0 Å². The minimum atomic E-state index is -0.369. The second kappa shape index (κ2) is 9.16. The van der Waals surface area contributed by atoms with Crippen molar-refractivity contribution in [3.05, 3.63) is 17.5 Å². The third-order valence-electron chi connectivity index (χ3n) is 5.47. The predicted molar refractivity (Wildman–Crippen MR) is 97.3 cm³/mol. The minimum Gasteiger partial charge on any atom is -0.359 e. The van der Waals surface area contributed by atoms with Crippen molar-refractivity contribution in [2.45, 2.75) is 64.5 Å². The van der Waals surface area contributed by atoms with Crippen LogP contribution in [0.3, 0.4) is 0 Å². The van der Waals surface area contributed by atoms with Crippen LogP contribution in [-0.2, 0) is 22.6 Å². The SMILES string of the molecule is CCc1cc(CNC(=O)CC2C(=O)NCCN2CC2CCCCC2)on1. The molecule has 2 aliphatic rings. The molecule has 1 aromatic rings. The van der Waals surface area contributed by atoms with Gasteiger partial charge in [0.05, 0.1) is 24.7 Å². The highest BCUT2D eigenvalue weighted by Gasteiger charge is 2.33. The van der Waals surface area contributed by atoms with Crippen molar-refractivity contribution >= 4 is 11.8 Å². The normalized spacial score (nSPS) is 22.2. The molecule has 1 saturated carbocycles. The van der Waals surface area contributed by atoms with Gasteiger partial charge in [0.25, 0.3) is 0 Å². The Labute approximate surface area is 154 Å². The first-order valence-electron chi connectivity index (χ1n) is 9.88. The highest BCUT2D eigenvalue weighted by molar-refractivity contribution is 5.88. The van der Waals surface area contributed by atoms with Crippen LogP contribution < -0.4 is 10.6 Å². The summed E-state index contributed by atoms with van der Waals surface area (Å²) in [5.41, 5.74) is 0.875. The van der Waals surface area contributed by atoms with Crippen molar-refractivity contribution in [1.29, 1.82) is 0 Å². The van der Waals surface area contributed by atoms with Crippen molar-refractivity contribution in [1.82, 2.24) is 20.7 Å². The molecule has 1 aromatic heterocycles. The molecule has 1 unspecified atom stereocenters. The molecule has 26 heavy (non-hydrogen) atoms. The van der Waals surface area contributed by atoms with Crippen molar-refractivity contribution in [3.8, 4) is 0 Å². The van der Waals surface area contributed by atoms with Gasteiger partial charge in [-0.05, 0) is 25.2 Å². The lowest BCUT2D eigenvalue weighted by atomic mass is 9.88. The van der Waals surface area contributed by atoms with Crippen LogP contribution in [0.5, 0.6) is 0 Å². The van der Waals surface area contributed by atoms with Gasteiger partial charge in [-0.1, -0.05) is 31.3 Å². The van der Waals surface area contributed by atoms with Crippen LogP contribution in [-0.4, -0.2) is 47.5 Å². The number of carbonyl (C=O) groups excluding carboxylic acids is 2. The molecule has 1 aliphatic heterocycles. The van der Waals surface area contributed by atoms with E-state index in [9.17, 15) is 9.59 Å². The Morgan fingerprint density at radius 1 is 1.38 bits per heavy atom. The van der Waals surface area contributed by atoms with Crippen molar-refractivity contribution in [2.24, 2.45) is 5.92 Å². The molecule has 1 atom stereocenters. The molecule has 1 aliphatic carbocycles. The Morgan fingerprint density at radius 3 is 2.92 bits per heavy atom. The molecule has 144 valence electrons. The number of carbonyl (C=O) groups is 2. The Kier molecular flexibility index (Phi) is 6.66. The molecule has 7 heteroatoms. The van der Waals surface area contributed by atoms with Crippen LogP contribution in [0.4, 0.5) is 0 Å². The number of aromatic nitrogens is 1. The van der Waals surface area contributed by atoms with Crippen LogP contribution in [0.1, 0.15) is 56.9 Å². The summed E-state index contributed by atoms with van der Waals surface area (Å²) in [6, 6.07) is 1.48. The Morgan fingerprint density at radius 2 is 2.19 bits per heavy atom. The lowest BCUT2D eigenvalue weighted by molar-refractivity contribution is -0.134. The van der Waals surface area contributed by atoms with E-state index in [1.165, 1.54) is 32.1 Å². The third-order valence-corrected chi connectivity index (χ3v) is 5.47. The summed E-state index contributed by atoms with van der Waals surface area (Å²) in [6.45, 7) is 4.72. The predicted octanol–water partition coefficient (Wildman–Crippen LogP) is 1.62. The van der Waals surface area contributed by atoms with Gasteiger partial charge in [-0.25, -0.2) is 0 Å². The molecule has 0 spiro atoms. The van der Waals surface area contributed by atoms with E-state index >= 15 is 0 Å². The third kappa shape index (κ3) is 5.06. The van der Waals surface area contributed by atoms with Crippen LogP contribution in [0, 0.1) is 5.92 Å². The van der Waals surface area contributed by atoms with Gasteiger partial charge >= 0.3 is 0 Å². The van der Waals surface area contributed by atoms with Crippen LogP contribution in [0.25, 0.3) is 0 Å². The van der Waals surface area contributed by atoms with E-state index in [1.54, 1.807) is 0 Å². The van der Waals surface area contributed by atoms with Gasteiger partial charge in [0.2, 0.25) is 11.8 Å². The first-order chi connectivity index (χ1) is 12.7. The zero-order valence-corrected chi connectivity index (χ0v) is 15.6. The van der Waals surface area contributed by atoms with E-state index in [4.69, 9.17) is 4.52 Å². The van der Waals surface area contributed by atoms with Crippen LogP contribution in [0.15, 0.2) is 10.6 Å². The smallest absolute Gasteiger partial charge is 0.237 e. The highest BCUT2D eigenvalue weighted by atomic mass is 16.5. The molecule has 2 amide bonds. The average Bonchev–Trinajstić information content (AvgIpc) is 3.12. The largest absolute Gasteiger partial charge is 0.359 e. The van der Waals surface area contributed by atoms with Gasteiger partial charge in [-0.15, -0.1) is 0 Å². The van der Waals surface area contributed by atoms with Gasteiger partial charge in [0, 0.05) is 25.7 Å². The standard InChI is InChI=1S/C19H30N4O3/c1-2-15-10-16(26-22-15)12-21-18(24)11-17-19(25)20-8-9-23(17)13-14-6-4-3-5-7-14/h10,14,17H,2-9,11-13H2,1H3,(H,20,25)(H,21,24). The summed E-state index contributed by atoms with van der Waals surface area (Å²) in [5.74, 6) is 1.13.